The summed E-state index contributed by atoms with van der Waals surface area (Å²) in [5.41, 5.74) is -0.417. The summed E-state index contributed by atoms with van der Waals surface area (Å²) < 4.78 is 9.96. The standard InChI is InChI=1S/C12H19N4O4/c1-4-19-11(17)10(9-13)14-20-12(15(2)3)16-5-7-18-8-6-16/h4-8H2,1-3H3. The van der Waals surface area contributed by atoms with Crippen molar-refractivity contribution >= 4 is 11.7 Å². The van der Waals surface area contributed by atoms with E-state index in [0.717, 1.165) is 0 Å². The van der Waals surface area contributed by atoms with Crippen molar-refractivity contribution in [1.82, 2.24) is 9.80 Å². The van der Waals surface area contributed by atoms with Gasteiger partial charge < -0.3 is 14.3 Å². The summed E-state index contributed by atoms with van der Waals surface area (Å²) in [7, 11) is 3.58. The first-order valence-electron chi connectivity index (χ1n) is 6.29. The van der Waals surface area contributed by atoms with E-state index < -0.39 is 11.7 Å². The molecule has 0 amide bonds. The van der Waals surface area contributed by atoms with Crippen LogP contribution in [0.1, 0.15) is 6.92 Å². The van der Waals surface area contributed by atoms with Gasteiger partial charge in [0.25, 0.3) is 5.71 Å². The molecule has 8 nitrogen and oxygen atoms in total. The van der Waals surface area contributed by atoms with Gasteiger partial charge in [0.1, 0.15) is 6.07 Å². The number of rotatable bonds is 6. The fourth-order valence-corrected chi connectivity index (χ4v) is 1.57. The first-order chi connectivity index (χ1) is 9.60. The summed E-state index contributed by atoms with van der Waals surface area (Å²) in [5, 5.41) is 12.4. The van der Waals surface area contributed by atoms with Crippen molar-refractivity contribution in [2.24, 2.45) is 5.16 Å². The van der Waals surface area contributed by atoms with Crippen LogP contribution in [0.3, 0.4) is 0 Å². The Hall–Kier alpha value is -1.69. The van der Waals surface area contributed by atoms with Gasteiger partial charge in [0.2, 0.25) is 0 Å². The molecule has 1 saturated heterocycles. The molecule has 0 unspecified atom stereocenters. The molecule has 1 aliphatic heterocycles. The number of ether oxygens (including phenoxy) is 2. The van der Waals surface area contributed by atoms with Gasteiger partial charge in [0.05, 0.1) is 19.8 Å². The van der Waals surface area contributed by atoms with Crippen LogP contribution >= 0.6 is 0 Å². The van der Waals surface area contributed by atoms with Crippen LogP contribution in [0.25, 0.3) is 0 Å². The van der Waals surface area contributed by atoms with Crippen LogP contribution in [0.5, 0.6) is 0 Å². The highest BCUT2D eigenvalue weighted by Gasteiger charge is 2.27. The fourth-order valence-electron chi connectivity index (χ4n) is 1.57. The minimum absolute atomic E-state index is 0.174. The van der Waals surface area contributed by atoms with Crippen molar-refractivity contribution in [2.75, 3.05) is 47.0 Å². The smallest absolute Gasteiger partial charge is 0.371 e. The molecule has 0 aromatic carbocycles. The van der Waals surface area contributed by atoms with Gasteiger partial charge in [-0.1, -0.05) is 5.16 Å². The van der Waals surface area contributed by atoms with Crippen LogP contribution in [0.4, 0.5) is 0 Å². The quantitative estimate of drug-likeness (QED) is 0.378. The summed E-state index contributed by atoms with van der Waals surface area (Å²) in [5.74, 6) is -0.796. The second-order valence-corrected chi connectivity index (χ2v) is 4.14. The minimum Gasteiger partial charge on any atom is -0.461 e. The lowest BCUT2D eigenvalue weighted by atomic mass is 10.4. The van der Waals surface area contributed by atoms with E-state index in [2.05, 4.69) is 5.16 Å². The second kappa shape index (κ2) is 8.47. The van der Waals surface area contributed by atoms with Crippen molar-refractivity contribution in [2.45, 2.75) is 6.92 Å². The highest BCUT2D eigenvalue weighted by Crippen LogP contribution is 2.15. The van der Waals surface area contributed by atoms with E-state index in [-0.39, 0.29) is 6.61 Å². The Morgan fingerprint density at radius 3 is 2.60 bits per heavy atom. The van der Waals surface area contributed by atoms with Crippen LogP contribution in [-0.4, -0.2) is 68.5 Å². The molecule has 1 aliphatic rings. The number of carbonyl (C=O) groups excluding carboxylic acids is 1. The number of nitriles is 1. The largest absolute Gasteiger partial charge is 0.461 e. The number of hydrogen-bond donors (Lipinski definition) is 0. The molecule has 0 N–H and O–H groups in total. The molecule has 1 rings (SSSR count). The van der Waals surface area contributed by atoms with E-state index in [0.29, 0.717) is 32.7 Å². The molecule has 1 fully saturated rings. The van der Waals surface area contributed by atoms with Gasteiger partial charge >= 0.3 is 12.3 Å². The Morgan fingerprint density at radius 1 is 1.45 bits per heavy atom. The Balaban J connectivity index is 2.69. The molecular formula is C12H19N4O4. The van der Waals surface area contributed by atoms with E-state index >= 15 is 0 Å². The zero-order valence-corrected chi connectivity index (χ0v) is 12.0. The number of carbonyl (C=O) groups is 1. The summed E-state index contributed by atoms with van der Waals surface area (Å²) >= 11 is 0. The van der Waals surface area contributed by atoms with Crippen molar-refractivity contribution in [1.29, 1.82) is 5.26 Å². The predicted molar refractivity (Wildman–Crippen MR) is 70.1 cm³/mol. The Morgan fingerprint density at radius 2 is 2.10 bits per heavy atom. The molecule has 0 aromatic rings. The van der Waals surface area contributed by atoms with Gasteiger partial charge in [-0.05, 0) is 21.0 Å². The molecule has 0 spiro atoms. The number of hydrogen-bond acceptors (Lipinski definition) is 8. The fraction of sp³-hybridized carbons (Fsp3) is 0.667. The third kappa shape index (κ3) is 4.77. The lowest BCUT2D eigenvalue weighted by molar-refractivity contribution is -0.135. The lowest BCUT2D eigenvalue weighted by Crippen LogP contribution is -2.45. The third-order valence-electron chi connectivity index (χ3n) is 2.46. The molecule has 8 heteroatoms. The van der Waals surface area contributed by atoms with Gasteiger partial charge in [-0.25, -0.2) is 9.69 Å². The maximum atomic E-state index is 11.4. The number of morpholine rings is 1. The van der Waals surface area contributed by atoms with E-state index in [9.17, 15) is 4.79 Å². The maximum Gasteiger partial charge on any atom is 0.371 e. The van der Waals surface area contributed by atoms with Gasteiger partial charge in [-0.15, -0.1) is 0 Å². The summed E-state index contributed by atoms with van der Waals surface area (Å²) in [6.45, 7) is 4.32. The van der Waals surface area contributed by atoms with Crippen molar-refractivity contribution in [3.63, 3.8) is 0 Å². The average molecular weight is 283 g/mol. The Kier molecular flexibility index (Phi) is 6.93. The first-order valence-corrected chi connectivity index (χ1v) is 6.29. The maximum absolute atomic E-state index is 11.4. The monoisotopic (exact) mass is 283 g/mol. The van der Waals surface area contributed by atoms with Gasteiger partial charge in [-0.2, -0.15) is 5.26 Å². The molecule has 0 saturated carbocycles. The summed E-state index contributed by atoms with van der Waals surface area (Å²) in [6.07, 6.45) is 0.449. The molecule has 0 aromatic heterocycles. The number of nitrogens with zero attached hydrogens (tertiary/aromatic N) is 4. The third-order valence-corrected chi connectivity index (χ3v) is 2.46. The van der Waals surface area contributed by atoms with E-state index in [1.807, 2.05) is 4.90 Å². The zero-order chi connectivity index (χ0) is 15.0. The molecule has 0 atom stereocenters. The lowest BCUT2D eigenvalue weighted by Gasteiger charge is -2.33. The molecule has 1 heterocycles. The molecule has 0 bridgehead atoms. The van der Waals surface area contributed by atoms with Crippen molar-refractivity contribution in [3.8, 4) is 6.07 Å². The van der Waals surface area contributed by atoms with E-state index in [4.69, 9.17) is 19.6 Å². The normalized spacial score (nSPS) is 17.1. The van der Waals surface area contributed by atoms with Crippen LogP contribution in [0, 0.1) is 17.7 Å². The summed E-state index contributed by atoms with van der Waals surface area (Å²) in [6, 6.07) is 1.66. The van der Waals surface area contributed by atoms with Gasteiger partial charge in [-0.3, -0.25) is 4.90 Å². The predicted octanol–water partition coefficient (Wildman–Crippen LogP) is -0.214. The summed E-state index contributed by atoms with van der Waals surface area (Å²) in [4.78, 5) is 20.3. The van der Waals surface area contributed by atoms with Gasteiger partial charge in [0, 0.05) is 13.1 Å². The SMILES string of the molecule is CCOC(=O)C(C#N)=NO[C](N(C)C)N1CCOCC1. The molecule has 1 radical (unpaired) electrons. The molecule has 0 aliphatic carbocycles. The first kappa shape index (κ1) is 16.4. The zero-order valence-electron chi connectivity index (χ0n) is 12.0. The van der Waals surface area contributed by atoms with Crippen LogP contribution in [-0.2, 0) is 19.1 Å². The molecule has 20 heavy (non-hydrogen) atoms. The van der Waals surface area contributed by atoms with Crippen LogP contribution < -0.4 is 0 Å². The van der Waals surface area contributed by atoms with Crippen molar-refractivity contribution < 1.29 is 19.1 Å². The minimum atomic E-state index is -0.796. The Bertz CT molecular complexity index is 385. The van der Waals surface area contributed by atoms with Crippen molar-refractivity contribution in [3.05, 3.63) is 6.35 Å². The van der Waals surface area contributed by atoms with E-state index in [1.165, 1.54) is 0 Å². The topological polar surface area (TPSA) is 87.4 Å². The molecular weight excluding hydrogens is 264 g/mol. The number of esters is 1. The highest BCUT2D eigenvalue weighted by molar-refractivity contribution is 6.42. The average Bonchev–Trinajstić information content (AvgIpc) is 2.44. The van der Waals surface area contributed by atoms with Crippen LogP contribution in [0.2, 0.25) is 0 Å². The van der Waals surface area contributed by atoms with Gasteiger partial charge in [0.15, 0.2) is 0 Å². The van der Waals surface area contributed by atoms with Crippen LogP contribution in [0.15, 0.2) is 5.16 Å². The van der Waals surface area contributed by atoms with E-state index in [1.54, 1.807) is 32.0 Å². The Labute approximate surface area is 118 Å². The number of oxime groups is 1. The molecule has 111 valence electrons. The second-order valence-electron chi connectivity index (χ2n) is 4.14. The highest BCUT2D eigenvalue weighted by atomic mass is 16.7.